The van der Waals surface area contributed by atoms with Gasteiger partial charge >= 0.3 is 6.18 Å². The van der Waals surface area contributed by atoms with Crippen LogP contribution in [0, 0.1) is 6.92 Å². The van der Waals surface area contributed by atoms with Crippen molar-refractivity contribution in [3.8, 4) is 34.0 Å². The van der Waals surface area contributed by atoms with Crippen LogP contribution in [-0.2, 0) is 6.18 Å². The lowest BCUT2D eigenvalue weighted by Crippen LogP contribution is -2.11. The number of pyridine rings is 1. The van der Waals surface area contributed by atoms with Crippen LogP contribution in [0.5, 0.6) is 11.5 Å². The molecule has 0 bridgehead atoms. The molecule has 0 aliphatic rings. The third-order valence-corrected chi connectivity index (χ3v) is 4.69. The van der Waals surface area contributed by atoms with Crippen LogP contribution in [0.3, 0.4) is 0 Å². The Bertz CT molecular complexity index is 1290. The number of nitrogen functional groups attached to an aromatic ring is 1. The van der Waals surface area contributed by atoms with Crippen LogP contribution in [0.25, 0.3) is 28.2 Å². The van der Waals surface area contributed by atoms with Gasteiger partial charge < -0.3 is 10.5 Å². The van der Waals surface area contributed by atoms with Crippen molar-refractivity contribution in [2.75, 3.05) is 12.8 Å². The Kier molecular flexibility index (Phi) is 4.88. The Balaban J connectivity index is 1.89. The van der Waals surface area contributed by atoms with Crippen molar-refractivity contribution < 1.29 is 27.4 Å². The number of aromatic nitrogens is 4. The zero-order valence-corrected chi connectivity index (χ0v) is 16.2. The highest BCUT2D eigenvalue weighted by atomic mass is 19.4. The predicted molar refractivity (Wildman–Crippen MR) is 104 cm³/mol. The SMILES string of the molecule is COc1cc(-c2ccc3nc(C)c(-c4cnc(N)c(C(F)(F)F)c4)n3n2)ccc1OF. The number of hydrogen-bond donors (Lipinski definition) is 1. The first kappa shape index (κ1) is 20.4. The smallest absolute Gasteiger partial charge is 0.419 e. The fourth-order valence-electron chi connectivity index (χ4n) is 3.25. The van der Waals surface area contributed by atoms with Gasteiger partial charge in [0.05, 0.1) is 29.8 Å². The summed E-state index contributed by atoms with van der Waals surface area (Å²) in [5, 5.41) is 4.51. The van der Waals surface area contributed by atoms with Gasteiger partial charge in [0.2, 0.25) is 5.75 Å². The third kappa shape index (κ3) is 3.58. The van der Waals surface area contributed by atoms with E-state index in [1.165, 1.54) is 30.0 Å². The molecule has 0 spiro atoms. The van der Waals surface area contributed by atoms with Crippen molar-refractivity contribution in [1.82, 2.24) is 19.6 Å². The molecule has 4 aromatic rings. The Labute approximate surface area is 173 Å². The number of benzene rings is 1. The van der Waals surface area contributed by atoms with Gasteiger partial charge in [0.25, 0.3) is 0 Å². The summed E-state index contributed by atoms with van der Waals surface area (Å²) in [5.41, 5.74) is 6.79. The molecule has 0 aliphatic heterocycles. The monoisotopic (exact) mass is 433 g/mol. The van der Waals surface area contributed by atoms with E-state index in [1.54, 1.807) is 25.1 Å². The van der Waals surface area contributed by atoms with Crippen LogP contribution in [0.4, 0.5) is 23.5 Å². The van der Waals surface area contributed by atoms with Gasteiger partial charge in [-0.25, -0.2) is 14.5 Å². The van der Waals surface area contributed by atoms with Gasteiger partial charge in [-0.15, -0.1) is 0 Å². The third-order valence-electron chi connectivity index (χ3n) is 4.69. The van der Waals surface area contributed by atoms with Crippen molar-refractivity contribution in [1.29, 1.82) is 0 Å². The number of rotatable bonds is 4. The zero-order chi connectivity index (χ0) is 22.3. The Morgan fingerprint density at radius 3 is 2.48 bits per heavy atom. The number of fused-ring (bicyclic) bond motifs is 1. The van der Waals surface area contributed by atoms with E-state index in [4.69, 9.17) is 10.5 Å². The highest BCUT2D eigenvalue weighted by Crippen LogP contribution is 2.36. The molecule has 0 fully saturated rings. The first-order valence-electron chi connectivity index (χ1n) is 8.89. The van der Waals surface area contributed by atoms with Gasteiger partial charge in [-0.05, 0) is 43.3 Å². The van der Waals surface area contributed by atoms with E-state index < -0.39 is 17.6 Å². The van der Waals surface area contributed by atoms with Crippen molar-refractivity contribution in [3.05, 3.63) is 53.9 Å². The average Bonchev–Trinajstić information content (AvgIpc) is 3.07. The molecule has 4 rings (SSSR count). The molecule has 0 atom stereocenters. The van der Waals surface area contributed by atoms with Crippen LogP contribution in [-0.4, -0.2) is 26.7 Å². The van der Waals surface area contributed by atoms with E-state index in [2.05, 4.69) is 20.0 Å². The fourth-order valence-corrected chi connectivity index (χ4v) is 3.25. The van der Waals surface area contributed by atoms with E-state index in [0.717, 1.165) is 6.07 Å². The number of methoxy groups -OCH3 is 1. The van der Waals surface area contributed by atoms with Gasteiger partial charge in [-0.1, -0.05) is 0 Å². The molecule has 0 unspecified atom stereocenters. The lowest BCUT2D eigenvalue weighted by atomic mass is 10.1. The molecular weight excluding hydrogens is 418 g/mol. The molecule has 1 aromatic carbocycles. The molecule has 0 aliphatic carbocycles. The number of imidazole rings is 1. The van der Waals surface area contributed by atoms with Crippen molar-refractivity contribution in [3.63, 3.8) is 0 Å². The lowest BCUT2D eigenvalue weighted by Gasteiger charge is -2.11. The summed E-state index contributed by atoms with van der Waals surface area (Å²) >= 11 is 0. The van der Waals surface area contributed by atoms with Crippen LogP contribution in [0.2, 0.25) is 0 Å². The second kappa shape index (κ2) is 7.42. The van der Waals surface area contributed by atoms with Gasteiger partial charge in [0.15, 0.2) is 11.4 Å². The first-order chi connectivity index (χ1) is 14.7. The summed E-state index contributed by atoms with van der Waals surface area (Å²) in [6.07, 6.45) is -3.41. The van der Waals surface area contributed by atoms with Crippen LogP contribution in [0.15, 0.2) is 42.6 Å². The molecule has 3 heterocycles. The van der Waals surface area contributed by atoms with Crippen molar-refractivity contribution in [2.24, 2.45) is 0 Å². The van der Waals surface area contributed by atoms with E-state index in [9.17, 15) is 17.7 Å². The Morgan fingerprint density at radius 2 is 1.81 bits per heavy atom. The maximum absolute atomic E-state index is 13.3. The number of hydrogen-bond acceptors (Lipinski definition) is 6. The van der Waals surface area contributed by atoms with Gasteiger partial charge in [0, 0.05) is 21.8 Å². The quantitative estimate of drug-likeness (QED) is 0.472. The standard InChI is InChI=1S/C20H15F4N5O2/c1-10-18(12-7-13(20(21,22)23)19(25)26-9-12)29-17(27-10)6-4-14(28-29)11-3-5-15(31-24)16(8-11)30-2/h3-9H,1-2H3,(H2,25,26). The number of nitrogens with zero attached hydrogens (tertiary/aromatic N) is 4. The summed E-state index contributed by atoms with van der Waals surface area (Å²) in [6, 6.07) is 8.74. The summed E-state index contributed by atoms with van der Waals surface area (Å²) in [5.74, 6) is -0.556. The van der Waals surface area contributed by atoms with Crippen LogP contribution in [0.1, 0.15) is 11.3 Å². The summed E-state index contributed by atoms with van der Waals surface area (Å²) in [7, 11) is 1.36. The Hall–Kier alpha value is -3.89. The van der Waals surface area contributed by atoms with E-state index >= 15 is 0 Å². The molecule has 0 saturated carbocycles. The highest BCUT2D eigenvalue weighted by Gasteiger charge is 2.34. The highest BCUT2D eigenvalue weighted by molar-refractivity contribution is 5.70. The largest absolute Gasteiger partial charge is 0.493 e. The normalized spacial score (nSPS) is 11.7. The molecule has 160 valence electrons. The topological polar surface area (TPSA) is 87.6 Å². The number of halogens is 4. The molecule has 2 N–H and O–H groups in total. The second-order valence-electron chi connectivity index (χ2n) is 6.63. The molecule has 3 aromatic heterocycles. The van der Waals surface area contributed by atoms with Crippen LogP contribution >= 0.6 is 0 Å². The summed E-state index contributed by atoms with van der Waals surface area (Å²) in [4.78, 5) is 11.8. The van der Waals surface area contributed by atoms with Crippen molar-refractivity contribution in [2.45, 2.75) is 13.1 Å². The minimum absolute atomic E-state index is 0.0980. The number of nitrogens with two attached hydrogens (primary N) is 1. The number of aryl methyl sites for hydroxylation is 1. The van der Waals surface area contributed by atoms with E-state index in [1.807, 2.05) is 0 Å². The minimum Gasteiger partial charge on any atom is -0.493 e. The first-order valence-corrected chi connectivity index (χ1v) is 8.89. The molecule has 7 nitrogen and oxygen atoms in total. The van der Waals surface area contributed by atoms with Crippen molar-refractivity contribution >= 4 is 11.5 Å². The van der Waals surface area contributed by atoms with Gasteiger partial charge in [-0.3, -0.25) is 4.94 Å². The molecular formula is C20H15F4N5O2. The molecule has 31 heavy (non-hydrogen) atoms. The molecule has 0 radical (unpaired) electrons. The fraction of sp³-hybridized carbons (Fsp3) is 0.150. The number of ether oxygens (including phenoxy) is 1. The maximum atomic E-state index is 13.3. The lowest BCUT2D eigenvalue weighted by molar-refractivity contribution is -0.137. The van der Waals surface area contributed by atoms with Gasteiger partial charge in [-0.2, -0.15) is 18.3 Å². The van der Waals surface area contributed by atoms with Gasteiger partial charge in [0.1, 0.15) is 5.82 Å². The molecule has 0 saturated heterocycles. The summed E-state index contributed by atoms with van der Waals surface area (Å²) in [6.45, 7) is 1.66. The second-order valence-corrected chi connectivity index (χ2v) is 6.63. The van der Waals surface area contributed by atoms with Crippen LogP contribution < -0.4 is 15.4 Å². The minimum atomic E-state index is -4.66. The average molecular weight is 433 g/mol. The molecule has 0 amide bonds. The summed E-state index contributed by atoms with van der Waals surface area (Å²) < 4.78 is 59.0. The van der Waals surface area contributed by atoms with E-state index in [-0.39, 0.29) is 17.1 Å². The van der Waals surface area contributed by atoms with E-state index in [0.29, 0.717) is 28.3 Å². The molecule has 11 heteroatoms. The predicted octanol–water partition coefficient (Wildman–Crippen LogP) is 4.64. The zero-order valence-electron chi connectivity index (χ0n) is 16.2. The number of anilines is 1. The maximum Gasteiger partial charge on any atom is 0.419 e. The Morgan fingerprint density at radius 1 is 1.03 bits per heavy atom. The number of alkyl halides is 3.